The third kappa shape index (κ3) is 5.41. The molecule has 0 aliphatic carbocycles. The molecule has 0 aliphatic rings. The van der Waals surface area contributed by atoms with Crippen LogP contribution in [0.5, 0.6) is 0 Å². The standard InChI is InChI=1S/C19H21ClFN7O2/c1-19(2,3)30-18(29)22-9-11-5-6-12(15(21)14(11)20)16-23-10-24-17(26-16)25-13-7-8-28(4)27-13/h5-8,10H,9H2,1-4H3,(H,22,29)(H,23,24,25,26,27). The molecule has 0 bridgehead atoms. The lowest BCUT2D eigenvalue weighted by molar-refractivity contribution is 0.0523. The molecule has 158 valence electrons. The Morgan fingerprint density at radius 1 is 1.27 bits per heavy atom. The van der Waals surface area contributed by atoms with E-state index < -0.39 is 17.5 Å². The fourth-order valence-electron chi connectivity index (χ4n) is 2.46. The number of hydrogen-bond acceptors (Lipinski definition) is 7. The van der Waals surface area contributed by atoms with Crippen molar-refractivity contribution in [2.75, 3.05) is 5.32 Å². The largest absolute Gasteiger partial charge is 0.444 e. The molecule has 1 amide bonds. The minimum Gasteiger partial charge on any atom is -0.444 e. The second-order valence-corrected chi connectivity index (χ2v) is 7.77. The summed E-state index contributed by atoms with van der Waals surface area (Å²) in [6, 6.07) is 4.83. The predicted molar refractivity (Wildman–Crippen MR) is 110 cm³/mol. The first kappa shape index (κ1) is 21.4. The summed E-state index contributed by atoms with van der Waals surface area (Å²) in [5.74, 6) is 0.159. The SMILES string of the molecule is Cn1ccc(Nc2ncnc(-c3ccc(CNC(=O)OC(C)(C)C)c(Cl)c3F)n2)n1. The number of amides is 1. The fraction of sp³-hybridized carbons (Fsp3) is 0.316. The second kappa shape index (κ2) is 8.62. The molecule has 0 saturated heterocycles. The van der Waals surface area contributed by atoms with Crippen LogP contribution in [0.3, 0.4) is 0 Å². The van der Waals surface area contributed by atoms with Crippen molar-refractivity contribution in [1.82, 2.24) is 30.0 Å². The smallest absolute Gasteiger partial charge is 0.407 e. The van der Waals surface area contributed by atoms with Crippen LogP contribution in [0.2, 0.25) is 5.02 Å². The summed E-state index contributed by atoms with van der Waals surface area (Å²) in [4.78, 5) is 24.1. The lowest BCUT2D eigenvalue weighted by Crippen LogP contribution is -2.32. The minimum absolute atomic E-state index is 0.00856. The molecule has 0 atom stereocenters. The van der Waals surface area contributed by atoms with Crippen molar-refractivity contribution in [2.45, 2.75) is 32.9 Å². The van der Waals surface area contributed by atoms with Crippen molar-refractivity contribution in [3.05, 3.63) is 47.1 Å². The van der Waals surface area contributed by atoms with Crippen molar-refractivity contribution in [1.29, 1.82) is 0 Å². The summed E-state index contributed by atoms with van der Waals surface area (Å²) in [6.07, 6.45) is 2.40. The van der Waals surface area contributed by atoms with Gasteiger partial charge in [0, 0.05) is 25.9 Å². The average molecular weight is 434 g/mol. The summed E-state index contributed by atoms with van der Waals surface area (Å²) in [5, 5.41) is 9.51. The molecule has 9 nitrogen and oxygen atoms in total. The van der Waals surface area contributed by atoms with Crippen molar-refractivity contribution in [3.8, 4) is 11.4 Å². The van der Waals surface area contributed by atoms with Gasteiger partial charge in [0.2, 0.25) is 5.95 Å². The molecular formula is C19H21ClFN7O2. The van der Waals surface area contributed by atoms with E-state index in [1.54, 1.807) is 50.8 Å². The number of carbonyl (C=O) groups excluding carboxylic acids is 1. The van der Waals surface area contributed by atoms with E-state index in [1.165, 1.54) is 12.4 Å². The van der Waals surface area contributed by atoms with E-state index in [1.807, 2.05) is 0 Å². The fourth-order valence-corrected chi connectivity index (χ4v) is 2.69. The zero-order valence-electron chi connectivity index (χ0n) is 16.9. The molecule has 3 rings (SSSR count). The highest BCUT2D eigenvalue weighted by Crippen LogP contribution is 2.29. The van der Waals surface area contributed by atoms with E-state index in [-0.39, 0.29) is 28.9 Å². The highest BCUT2D eigenvalue weighted by Gasteiger charge is 2.19. The Bertz CT molecular complexity index is 1070. The lowest BCUT2D eigenvalue weighted by Gasteiger charge is -2.20. The molecule has 3 aromatic rings. The van der Waals surface area contributed by atoms with Crippen LogP contribution < -0.4 is 10.6 Å². The van der Waals surface area contributed by atoms with Gasteiger partial charge >= 0.3 is 6.09 Å². The van der Waals surface area contributed by atoms with Crippen LogP contribution in [0.4, 0.5) is 21.0 Å². The highest BCUT2D eigenvalue weighted by atomic mass is 35.5. The van der Waals surface area contributed by atoms with Crippen molar-refractivity contribution >= 4 is 29.5 Å². The van der Waals surface area contributed by atoms with E-state index in [4.69, 9.17) is 16.3 Å². The van der Waals surface area contributed by atoms with E-state index in [0.29, 0.717) is 11.4 Å². The number of aromatic nitrogens is 5. The number of nitrogens with one attached hydrogen (secondary N) is 2. The van der Waals surface area contributed by atoms with Gasteiger partial charge in [-0.15, -0.1) is 0 Å². The predicted octanol–water partition coefficient (Wildman–Crippen LogP) is 3.83. The van der Waals surface area contributed by atoms with E-state index in [2.05, 4.69) is 30.7 Å². The topological polar surface area (TPSA) is 107 Å². The quantitative estimate of drug-likeness (QED) is 0.629. The maximum absolute atomic E-state index is 14.9. The van der Waals surface area contributed by atoms with Gasteiger partial charge in [-0.3, -0.25) is 4.68 Å². The van der Waals surface area contributed by atoms with Crippen molar-refractivity contribution in [2.24, 2.45) is 7.05 Å². The zero-order valence-corrected chi connectivity index (χ0v) is 17.7. The normalized spacial score (nSPS) is 11.3. The van der Waals surface area contributed by atoms with Gasteiger partial charge in [-0.2, -0.15) is 10.1 Å². The molecule has 1 aromatic carbocycles. The minimum atomic E-state index is -0.699. The van der Waals surface area contributed by atoms with Gasteiger partial charge in [-0.25, -0.2) is 19.2 Å². The summed E-state index contributed by atoms with van der Waals surface area (Å²) < 4.78 is 21.7. The summed E-state index contributed by atoms with van der Waals surface area (Å²) in [6.45, 7) is 5.26. The van der Waals surface area contributed by atoms with Crippen molar-refractivity contribution < 1.29 is 13.9 Å². The van der Waals surface area contributed by atoms with Crippen LogP contribution in [0, 0.1) is 5.82 Å². The molecule has 11 heteroatoms. The number of aryl methyl sites for hydroxylation is 1. The first-order chi connectivity index (χ1) is 14.1. The van der Waals surface area contributed by atoms with Crippen molar-refractivity contribution in [3.63, 3.8) is 0 Å². The van der Waals surface area contributed by atoms with Crippen LogP contribution in [0.1, 0.15) is 26.3 Å². The van der Waals surface area contributed by atoms with Crippen LogP contribution in [0.15, 0.2) is 30.7 Å². The number of anilines is 2. The Labute approximate surface area is 177 Å². The zero-order chi connectivity index (χ0) is 21.9. The Kier molecular flexibility index (Phi) is 6.16. The maximum Gasteiger partial charge on any atom is 0.407 e. The number of ether oxygens (including phenoxy) is 1. The van der Waals surface area contributed by atoms with Gasteiger partial charge in [0.25, 0.3) is 0 Å². The molecule has 0 unspecified atom stereocenters. The molecule has 30 heavy (non-hydrogen) atoms. The molecule has 0 saturated carbocycles. The Balaban J connectivity index is 1.76. The molecule has 2 heterocycles. The van der Waals surface area contributed by atoms with Gasteiger partial charge < -0.3 is 15.4 Å². The third-order valence-corrected chi connectivity index (χ3v) is 4.16. The molecule has 2 N–H and O–H groups in total. The highest BCUT2D eigenvalue weighted by molar-refractivity contribution is 6.31. The first-order valence-corrected chi connectivity index (χ1v) is 9.40. The molecular weight excluding hydrogens is 413 g/mol. The number of carbonyl (C=O) groups is 1. The van der Waals surface area contributed by atoms with Crippen LogP contribution in [-0.4, -0.2) is 36.4 Å². The van der Waals surface area contributed by atoms with E-state index in [0.717, 1.165) is 0 Å². The van der Waals surface area contributed by atoms with Gasteiger partial charge in [-0.1, -0.05) is 17.7 Å². The monoisotopic (exact) mass is 433 g/mol. The van der Waals surface area contributed by atoms with Gasteiger partial charge in [0.05, 0.1) is 10.6 Å². The summed E-state index contributed by atoms with van der Waals surface area (Å²) in [7, 11) is 1.78. The molecule has 0 aliphatic heterocycles. The first-order valence-electron chi connectivity index (χ1n) is 9.02. The lowest BCUT2D eigenvalue weighted by atomic mass is 10.1. The number of hydrogen-bond donors (Lipinski definition) is 2. The van der Waals surface area contributed by atoms with Crippen LogP contribution in [0.25, 0.3) is 11.4 Å². The Morgan fingerprint density at radius 2 is 2.03 bits per heavy atom. The number of halogens is 2. The number of benzene rings is 1. The second-order valence-electron chi connectivity index (χ2n) is 7.39. The Hall–Kier alpha value is -3.27. The molecule has 0 spiro atoms. The van der Waals surface area contributed by atoms with Gasteiger partial charge in [0.15, 0.2) is 17.5 Å². The van der Waals surface area contributed by atoms with Crippen LogP contribution in [-0.2, 0) is 18.3 Å². The summed E-state index contributed by atoms with van der Waals surface area (Å²) in [5.41, 5.74) is -0.139. The number of alkyl carbamates (subject to hydrolysis) is 1. The van der Waals surface area contributed by atoms with Gasteiger partial charge in [-0.05, 0) is 32.4 Å². The average Bonchev–Trinajstić information content (AvgIpc) is 3.06. The van der Waals surface area contributed by atoms with Gasteiger partial charge in [0.1, 0.15) is 11.9 Å². The van der Waals surface area contributed by atoms with E-state index in [9.17, 15) is 9.18 Å². The number of rotatable bonds is 5. The molecule has 2 aromatic heterocycles. The molecule has 0 fully saturated rings. The molecule has 0 radical (unpaired) electrons. The maximum atomic E-state index is 14.9. The van der Waals surface area contributed by atoms with Crippen LogP contribution >= 0.6 is 11.6 Å². The van der Waals surface area contributed by atoms with E-state index >= 15 is 0 Å². The number of nitrogens with zero attached hydrogens (tertiary/aromatic N) is 5. The Morgan fingerprint density at radius 3 is 2.70 bits per heavy atom. The summed E-state index contributed by atoms with van der Waals surface area (Å²) >= 11 is 6.17. The third-order valence-electron chi connectivity index (χ3n) is 3.75.